The number of hydrogen-bond acceptors (Lipinski definition) is 3. The van der Waals surface area contributed by atoms with Gasteiger partial charge in [0, 0.05) is 22.1 Å². The molecule has 23 heavy (non-hydrogen) atoms. The van der Waals surface area contributed by atoms with Crippen LogP contribution in [-0.4, -0.2) is 17.7 Å². The highest BCUT2D eigenvalue weighted by Crippen LogP contribution is 2.23. The Balaban J connectivity index is 1.69. The van der Waals surface area contributed by atoms with Crippen molar-refractivity contribution in [1.82, 2.24) is 0 Å². The molecule has 0 fully saturated rings. The Bertz CT molecular complexity index is 766. The Morgan fingerprint density at radius 1 is 1.22 bits per heavy atom. The van der Waals surface area contributed by atoms with Crippen molar-refractivity contribution in [2.75, 3.05) is 5.32 Å². The maximum atomic E-state index is 12.4. The zero-order valence-corrected chi connectivity index (χ0v) is 14.6. The molecule has 0 spiro atoms. The molecule has 2 aromatic carbocycles. The molecule has 1 amide bonds. The van der Waals surface area contributed by atoms with Gasteiger partial charge in [0.1, 0.15) is 0 Å². The Labute approximate surface area is 143 Å². The molecule has 0 aromatic heterocycles. The quantitative estimate of drug-likeness (QED) is 0.877. The molecular formula is C18H17BrN2O2. The molecule has 5 heteroatoms. The maximum absolute atomic E-state index is 12.4. The fourth-order valence-electron chi connectivity index (χ4n) is 2.57. The highest BCUT2D eigenvalue weighted by atomic mass is 79.9. The summed E-state index contributed by atoms with van der Waals surface area (Å²) in [5, 5.41) is 7.03. The van der Waals surface area contributed by atoms with Crippen LogP contribution >= 0.6 is 15.9 Å². The number of oxime groups is 1. The zero-order chi connectivity index (χ0) is 16.4. The Kier molecular flexibility index (Phi) is 4.48. The molecule has 0 saturated carbocycles. The van der Waals surface area contributed by atoms with E-state index < -0.39 is 6.10 Å². The number of rotatable bonds is 3. The number of carbonyl (C=O) groups is 1. The molecule has 1 heterocycles. The number of para-hydroxylation sites is 1. The SMILES string of the molecule is Cc1cccc(C)c1NC(=O)[C@H]1CC(c2cccc(Br)c2)=NO1. The summed E-state index contributed by atoms with van der Waals surface area (Å²) >= 11 is 3.44. The smallest absolute Gasteiger partial charge is 0.268 e. The van der Waals surface area contributed by atoms with Crippen molar-refractivity contribution in [2.24, 2.45) is 5.16 Å². The minimum Gasteiger partial charge on any atom is -0.382 e. The highest BCUT2D eigenvalue weighted by molar-refractivity contribution is 9.10. The third kappa shape index (κ3) is 3.45. The number of aryl methyl sites for hydroxylation is 2. The summed E-state index contributed by atoms with van der Waals surface area (Å²) in [6.07, 6.45) is -0.129. The normalized spacial score (nSPS) is 16.7. The fourth-order valence-corrected chi connectivity index (χ4v) is 2.97. The molecule has 118 valence electrons. The predicted molar refractivity (Wildman–Crippen MR) is 94.7 cm³/mol. The lowest BCUT2D eigenvalue weighted by atomic mass is 10.0. The van der Waals surface area contributed by atoms with Gasteiger partial charge in [-0.3, -0.25) is 4.79 Å². The molecule has 1 N–H and O–H groups in total. The van der Waals surface area contributed by atoms with Crippen LogP contribution < -0.4 is 5.32 Å². The van der Waals surface area contributed by atoms with E-state index in [1.807, 2.05) is 56.3 Å². The third-order valence-electron chi connectivity index (χ3n) is 3.85. The molecule has 0 unspecified atom stereocenters. The van der Waals surface area contributed by atoms with E-state index in [1.54, 1.807) is 0 Å². The Morgan fingerprint density at radius 2 is 1.91 bits per heavy atom. The van der Waals surface area contributed by atoms with Gasteiger partial charge in [0.2, 0.25) is 6.10 Å². The van der Waals surface area contributed by atoms with E-state index in [9.17, 15) is 4.79 Å². The van der Waals surface area contributed by atoms with Crippen molar-refractivity contribution < 1.29 is 9.63 Å². The van der Waals surface area contributed by atoms with Crippen molar-refractivity contribution in [3.63, 3.8) is 0 Å². The second-order valence-electron chi connectivity index (χ2n) is 5.60. The van der Waals surface area contributed by atoms with Crippen molar-refractivity contribution in [1.29, 1.82) is 0 Å². The Hall–Kier alpha value is -2.14. The van der Waals surface area contributed by atoms with Crippen molar-refractivity contribution >= 4 is 33.2 Å². The van der Waals surface area contributed by atoms with Crippen LogP contribution in [0.5, 0.6) is 0 Å². The zero-order valence-electron chi connectivity index (χ0n) is 13.0. The lowest BCUT2D eigenvalue weighted by Gasteiger charge is -2.13. The average Bonchev–Trinajstić information content (AvgIpc) is 3.01. The van der Waals surface area contributed by atoms with Gasteiger partial charge in [0.05, 0.1) is 5.71 Å². The van der Waals surface area contributed by atoms with Gasteiger partial charge >= 0.3 is 0 Å². The first-order valence-electron chi connectivity index (χ1n) is 7.40. The maximum Gasteiger partial charge on any atom is 0.268 e. The van der Waals surface area contributed by atoms with Crippen LogP contribution in [0, 0.1) is 13.8 Å². The summed E-state index contributed by atoms with van der Waals surface area (Å²) in [6, 6.07) is 13.7. The van der Waals surface area contributed by atoms with Gasteiger partial charge in [-0.1, -0.05) is 51.4 Å². The lowest BCUT2D eigenvalue weighted by Crippen LogP contribution is -2.28. The minimum absolute atomic E-state index is 0.170. The van der Waals surface area contributed by atoms with Gasteiger partial charge in [-0.05, 0) is 37.1 Å². The summed E-state index contributed by atoms with van der Waals surface area (Å²) in [4.78, 5) is 17.8. The summed E-state index contributed by atoms with van der Waals surface area (Å²) in [5.41, 5.74) is 4.65. The molecule has 2 aromatic rings. The summed E-state index contributed by atoms with van der Waals surface area (Å²) in [6.45, 7) is 3.95. The number of nitrogens with one attached hydrogen (secondary N) is 1. The van der Waals surface area contributed by atoms with Crippen LogP contribution in [0.1, 0.15) is 23.1 Å². The van der Waals surface area contributed by atoms with Crippen LogP contribution in [0.3, 0.4) is 0 Å². The molecule has 1 aliphatic rings. The molecule has 3 rings (SSSR count). The van der Waals surface area contributed by atoms with E-state index in [4.69, 9.17) is 4.84 Å². The van der Waals surface area contributed by atoms with Crippen LogP contribution in [0.15, 0.2) is 52.1 Å². The molecule has 0 bridgehead atoms. The lowest BCUT2D eigenvalue weighted by molar-refractivity contribution is -0.125. The van der Waals surface area contributed by atoms with E-state index in [0.717, 1.165) is 32.6 Å². The van der Waals surface area contributed by atoms with Gasteiger partial charge < -0.3 is 10.2 Å². The second kappa shape index (κ2) is 6.54. The standard InChI is InChI=1S/C18H17BrN2O2/c1-11-5-3-6-12(2)17(11)20-18(22)16-10-15(21-23-16)13-7-4-8-14(19)9-13/h3-9,16H,10H2,1-2H3,(H,20,22)/t16-/m1/s1. The fraction of sp³-hybridized carbons (Fsp3) is 0.222. The first-order chi connectivity index (χ1) is 11.0. The van der Waals surface area contributed by atoms with Crippen LogP contribution in [0.2, 0.25) is 0 Å². The number of nitrogens with zero attached hydrogens (tertiary/aromatic N) is 1. The number of hydrogen-bond donors (Lipinski definition) is 1. The third-order valence-corrected chi connectivity index (χ3v) is 4.34. The number of carbonyl (C=O) groups excluding carboxylic acids is 1. The summed E-state index contributed by atoms with van der Waals surface area (Å²) < 4.78 is 0.973. The molecule has 0 radical (unpaired) electrons. The van der Waals surface area contributed by atoms with E-state index in [1.165, 1.54) is 0 Å². The highest BCUT2D eigenvalue weighted by Gasteiger charge is 2.29. The second-order valence-corrected chi connectivity index (χ2v) is 6.52. The van der Waals surface area contributed by atoms with E-state index in [2.05, 4.69) is 26.4 Å². The number of amides is 1. The summed E-state index contributed by atoms with van der Waals surface area (Å²) in [5.74, 6) is -0.170. The number of benzene rings is 2. The number of anilines is 1. The largest absolute Gasteiger partial charge is 0.382 e. The van der Waals surface area contributed by atoms with Gasteiger partial charge in [0.25, 0.3) is 5.91 Å². The summed E-state index contributed by atoms with van der Waals surface area (Å²) in [7, 11) is 0. The Morgan fingerprint density at radius 3 is 2.61 bits per heavy atom. The van der Waals surface area contributed by atoms with Gasteiger partial charge in [-0.25, -0.2) is 0 Å². The predicted octanol–water partition coefficient (Wildman–Crippen LogP) is 4.20. The van der Waals surface area contributed by atoms with Crippen LogP contribution in [0.4, 0.5) is 5.69 Å². The molecule has 1 atom stereocenters. The van der Waals surface area contributed by atoms with Gasteiger partial charge in [0.15, 0.2) is 0 Å². The van der Waals surface area contributed by atoms with E-state index >= 15 is 0 Å². The topological polar surface area (TPSA) is 50.7 Å². The minimum atomic E-state index is -0.594. The van der Waals surface area contributed by atoms with Crippen molar-refractivity contribution in [3.8, 4) is 0 Å². The van der Waals surface area contributed by atoms with Crippen molar-refractivity contribution in [2.45, 2.75) is 26.4 Å². The van der Waals surface area contributed by atoms with E-state index in [-0.39, 0.29) is 5.91 Å². The molecule has 4 nitrogen and oxygen atoms in total. The molecular weight excluding hydrogens is 356 g/mol. The molecule has 0 saturated heterocycles. The van der Waals surface area contributed by atoms with E-state index in [0.29, 0.717) is 6.42 Å². The molecule has 0 aliphatic carbocycles. The average molecular weight is 373 g/mol. The first-order valence-corrected chi connectivity index (χ1v) is 8.19. The first kappa shape index (κ1) is 15.7. The van der Waals surface area contributed by atoms with Gasteiger partial charge in [-0.2, -0.15) is 0 Å². The van der Waals surface area contributed by atoms with Crippen LogP contribution in [-0.2, 0) is 9.63 Å². The number of halogens is 1. The molecule has 1 aliphatic heterocycles. The van der Waals surface area contributed by atoms with Crippen molar-refractivity contribution in [3.05, 3.63) is 63.6 Å². The van der Waals surface area contributed by atoms with Crippen LogP contribution in [0.25, 0.3) is 0 Å². The van der Waals surface area contributed by atoms with Gasteiger partial charge in [-0.15, -0.1) is 0 Å². The monoisotopic (exact) mass is 372 g/mol.